The third kappa shape index (κ3) is 4.59. The van der Waals surface area contributed by atoms with Crippen LogP contribution in [0.3, 0.4) is 0 Å². The van der Waals surface area contributed by atoms with E-state index in [-0.39, 0.29) is 0 Å². The van der Waals surface area contributed by atoms with E-state index in [4.69, 9.17) is 10.00 Å². The molecule has 16 heavy (non-hydrogen) atoms. The average molecular weight is 235 g/mol. The smallest absolute Gasteiger partial charge is 0.133 e. The summed E-state index contributed by atoms with van der Waals surface area (Å²) in [6.07, 6.45) is 1.01. The van der Waals surface area contributed by atoms with Crippen LogP contribution in [0, 0.1) is 16.6 Å². The molecule has 3 heteroatoms. The van der Waals surface area contributed by atoms with Crippen molar-refractivity contribution in [2.24, 2.45) is 5.92 Å². The molecule has 0 aliphatic carbocycles. The highest BCUT2D eigenvalue weighted by molar-refractivity contribution is 8.03. The highest BCUT2D eigenvalue weighted by Crippen LogP contribution is 2.17. The lowest BCUT2D eigenvalue weighted by Crippen LogP contribution is -2.02. The van der Waals surface area contributed by atoms with E-state index in [2.05, 4.69) is 24.5 Å². The Bertz CT molecular complexity index is 342. The molecule has 1 unspecified atom stereocenters. The number of hydrogen-bond acceptors (Lipinski definition) is 3. The molecule has 0 heterocycles. The molecule has 0 aromatic heterocycles. The Morgan fingerprint density at radius 2 is 2.06 bits per heavy atom. The minimum absolute atomic E-state index is 0.530. The zero-order valence-corrected chi connectivity index (χ0v) is 10.6. The van der Waals surface area contributed by atoms with Crippen LogP contribution in [0.2, 0.25) is 0 Å². The monoisotopic (exact) mass is 235 g/mol. The number of nitrogens with zero attached hydrogens (tertiary/aromatic N) is 1. The summed E-state index contributed by atoms with van der Waals surface area (Å²) >= 11 is 1.33. The average Bonchev–Trinajstić information content (AvgIpc) is 2.29. The Morgan fingerprint density at radius 3 is 2.62 bits per heavy atom. The maximum atomic E-state index is 8.47. The van der Waals surface area contributed by atoms with Crippen LogP contribution >= 0.6 is 11.8 Å². The van der Waals surface area contributed by atoms with Crippen LogP contribution in [-0.2, 0) is 6.42 Å². The highest BCUT2D eigenvalue weighted by atomic mass is 32.2. The lowest BCUT2D eigenvalue weighted by Gasteiger charge is -2.09. The number of thiocyanates is 1. The van der Waals surface area contributed by atoms with E-state index >= 15 is 0 Å². The molecule has 0 bridgehead atoms. The number of hydrogen-bond donors (Lipinski definition) is 0. The van der Waals surface area contributed by atoms with E-state index in [0.717, 1.165) is 17.9 Å². The topological polar surface area (TPSA) is 33.0 Å². The Kier molecular flexibility index (Phi) is 5.81. The highest BCUT2D eigenvalue weighted by Gasteiger charge is 2.04. The molecule has 0 saturated carbocycles. The molecule has 0 amide bonds. The predicted molar refractivity (Wildman–Crippen MR) is 68.6 cm³/mol. The van der Waals surface area contributed by atoms with E-state index in [1.54, 1.807) is 0 Å². The fourth-order valence-corrected chi connectivity index (χ4v) is 2.01. The third-order valence-electron chi connectivity index (χ3n) is 2.25. The number of rotatable bonds is 6. The molecule has 86 valence electrons. The van der Waals surface area contributed by atoms with Crippen molar-refractivity contribution >= 4 is 11.8 Å². The van der Waals surface area contributed by atoms with E-state index in [9.17, 15) is 0 Å². The van der Waals surface area contributed by atoms with Gasteiger partial charge < -0.3 is 4.74 Å². The van der Waals surface area contributed by atoms with Gasteiger partial charge in [-0.05, 0) is 48.7 Å². The van der Waals surface area contributed by atoms with Gasteiger partial charge in [0.2, 0.25) is 0 Å². The molecule has 0 fully saturated rings. The van der Waals surface area contributed by atoms with Crippen LogP contribution < -0.4 is 4.74 Å². The summed E-state index contributed by atoms with van der Waals surface area (Å²) in [7, 11) is 0. The van der Waals surface area contributed by atoms with Crippen molar-refractivity contribution in [1.29, 1.82) is 5.26 Å². The van der Waals surface area contributed by atoms with Gasteiger partial charge in [-0.1, -0.05) is 19.1 Å². The van der Waals surface area contributed by atoms with Crippen molar-refractivity contribution in [1.82, 2.24) is 0 Å². The SMILES string of the molecule is CCOc1ccc(CC(C)CSC#N)cc1. The largest absolute Gasteiger partial charge is 0.494 e. The molecule has 0 aliphatic heterocycles. The first-order chi connectivity index (χ1) is 7.76. The molecule has 1 atom stereocenters. The van der Waals surface area contributed by atoms with Gasteiger partial charge in [-0.3, -0.25) is 0 Å². The summed E-state index contributed by atoms with van der Waals surface area (Å²) in [5.41, 5.74) is 1.30. The van der Waals surface area contributed by atoms with E-state index < -0.39 is 0 Å². The molecule has 2 nitrogen and oxygen atoms in total. The maximum Gasteiger partial charge on any atom is 0.133 e. The summed E-state index contributed by atoms with van der Waals surface area (Å²) < 4.78 is 5.38. The Balaban J connectivity index is 2.45. The van der Waals surface area contributed by atoms with Gasteiger partial charge in [0.1, 0.15) is 11.2 Å². The van der Waals surface area contributed by atoms with Gasteiger partial charge in [0.25, 0.3) is 0 Å². The molecule has 1 aromatic rings. The molecule has 0 spiro atoms. The number of benzene rings is 1. The van der Waals surface area contributed by atoms with Crippen LogP contribution in [0.4, 0.5) is 0 Å². The standard InChI is InChI=1S/C13H17NOS/c1-3-15-13-6-4-12(5-7-13)8-11(2)9-16-10-14/h4-7,11H,3,8-9H2,1-2H3. The first kappa shape index (κ1) is 12.9. The molecule has 0 saturated heterocycles. The zero-order chi connectivity index (χ0) is 11.8. The van der Waals surface area contributed by atoms with Crippen LogP contribution in [0.1, 0.15) is 19.4 Å². The van der Waals surface area contributed by atoms with Crippen LogP contribution in [0.15, 0.2) is 24.3 Å². The van der Waals surface area contributed by atoms with Crippen LogP contribution in [0.25, 0.3) is 0 Å². The van der Waals surface area contributed by atoms with Crippen LogP contribution in [0.5, 0.6) is 5.75 Å². The van der Waals surface area contributed by atoms with Crippen molar-refractivity contribution in [3.05, 3.63) is 29.8 Å². The zero-order valence-electron chi connectivity index (χ0n) is 9.77. The predicted octanol–water partition coefficient (Wildman–Crippen LogP) is 3.48. The molecule has 0 aliphatic rings. The second-order valence-electron chi connectivity index (χ2n) is 3.79. The summed E-state index contributed by atoms with van der Waals surface area (Å²) in [6, 6.07) is 8.20. The van der Waals surface area contributed by atoms with Crippen molar-refractivity contribution < 1.29 is 4.74 Å². The van der Waals surface area contributed by atoms with Gasteiger partial charge in [-0.2, -0.15) is 5.26 Å². The fourth-order valence-electron chi connectivity index (χ4n) is 1.53. The summed E-state index contributed by atoms with van der Waals surface area (Å²) in [5, 5.41) is 10.6. The number of ether oxygens (including phenoxy) is 1. The van der Waals surface area contributed by atoms with Crippen molar-refractivity contribution in [2.75, 3.05) is 12.4 Å². The lowest BCUT2D eigenvalue weighted by atomic mass is 10.0. The van der Waals surface area contributed by atoms with Gasteiger partial charge in [-0.15, -0.1) is 0 Å². The summed E-state index contributed by atoms with van der Waals surface area (Å²) in [5.74, 6) is 2.34. The molecule has 0 radical (unpaired) electrons. The van der Waals surface area contributed by atoms with Crippen LogP contribution in [-0.4, -0.2) is 12.4 Å². The Labute approximate surface area is 102 Å². The quantitative estimate of drug-likeness (QED) is 0.708. The first-order valence-electron chi connectivity index (χ1n) is 5.49. The van der Waals surface area contributed by atoms with Gasteiger partial charge in [0.05, 0.1) is 6.61 Å². The van der Waals surface area contributed by atoms with Crippen molar-refractivity contribution in [3.63, 3.8) is 0 Å². The molecular weight excluding hydrogens is 218 g/mol. The molecule has 0 N–H and O–H groups in total. The summed E-state index contributed by atoms with van der Waals surface area (Å²) in [6.45, 7) is 4.85. The first-order valence-corrected chi connectivity index (χ1v) is 6.47. The number of nitriles is 1. The lowest BCUT2D eigenvalue weighted by molar-refractivity contribution is 0.340. The second kappa shape index (κ2) is 7.19. The fraction of sp³-hybridized carbons (Fsp3) is 0.462. The minimum atomic E-state index is 0.530. The number of thioether (sulfide) groups is 1. The molecule has 1 rings (SSSR count). The molecule has 1 aromatic carbocycles. The van der Waals surface area contributed by atoms with E-state index in [1.807, 2.05) is 19.1 Å². The van der Waals surface area contributed by atoms with Gasteiger partial charge in [0.15, 0.2) is 0 Å². The van der Waals surface area contributed by atoms with Gasteiger partial charge >= 0.3 is 0 Å². The Morgan fingerprint density at radius 1 is 1.38 bits per heavy atom. The van der Waals surface area contributed by atoms with E-state index in [1.165, 1.54) is 17.3 Å². The Hall–Kier alpha value is -1.14. The van der Waals surface area contributed by atoms with E-state index in [0.29, 0.717) is 12.5 Å². The minimum Gasteiger partial charge on any atom is -0.494 e. The van der Waals surface area contributed by atoms with Crippen molar-refractivity contribution in [2.45, 2.75) is 20.3 Å². The van der Waals surface area contributed by atoms with Gasteiger partial charge in [0, 0.05) is 5.75 Å². The normalized spacial score (nSPS) is 11.8. The third-order valence-corrected chi connectivity index (χ3v) is 3.12. The summed E-state index contributed by atoms with van der Waals surface area (Å²) in [4.78, 5) is 0. The van der Waals surface area contributed by atoms with Crippen molar-refractivity contribution in [3.8, 4) is 11.2 Å². The van der Waals surface area contributed by atoms with Gasteiger partial charge in [-0.25, -0.2) is 0 Å². The maximum absolute atomic E-state index is 8.47. The second-order valence-corrected chi connectivity index (χ2v) is 4.59. The molecular formula is C13H17NOS.